The minimum atomic E-state index is -0.0863. The van der Waals surface area contributed by atoms with Crippen LogP contribution in [0.2, 0.25) is 10.0 Å². The van der Waals surface area contributed by atoms with Gasteiger partial charge in [-0.05, 0) is 56.6 Å². The fourth-order valence-electron chi connectivity index (χ4n) is 4.37. The third kappa shape index (κ3) is 2.74. The molecule has 138 valence electrons. The number of hydrogen-bond acceptors (Lipinski definition) is 3. The van der Waals surface area contributed by atoms with Crippen LogP contribution in [0, 0.1) is 25.2 Å². The first kappa shape index (κ1) is 17.9. The van der Waals surface area contributed by atoms with E-state index in [1.807, 2.05) is 13.8 Å². The van der Waals surface area contributed by atoms with Crippen LogP contribution in [0.3, 0.4) is 0 Å². The predicted molar refractivity (Wildman–Crippen MR) is 107 cm³/mol. The van der Waals surface area contributed by atoms with Crippen LogP contribution in [0.15, 0.2) is 23.0 Å². The van der Waals surface area contributed by atoms with Gasteiger partial charge in [0.25, 0.3) is 5.56 Å². The largest absolute Gasteiger partial charge is 0.356 e. The standard InChI is InChI=1S/C20H23Cl2N3O/c1-12-11-20(12)7-9-24(10-8-20)18-13(2)19(26)25(14(3)23-18)16-6-4-5-15(21)17(16)22/h4-6,12H,7-11H2,1-3H3. The lowest BCUT2D eigenvalue weighted by atomic mass is 9.91. The zero-order valence-corrected chi connectivity index (χ0v) is 16.9. The van der Waals surface area contributed by atoms with Crippen molar-refractivity contribution in [1.82, 2.24) is 9.55 Å². The molecule has 1 saturated carbocycles. The lowest BCUT2D eigenvalue weighted by Gasteiger charge is -2.34. The molecule has 4 rings (SSSR count). The molecule has 6 heteroatoms. The summed E-state index contributed by atoms with van der Waals surface area (Å²) in [6.07, 6.45) is 3.73. The van der Waals surface area contributed by atoms with Crippen molar-refractivity contribution in [2.75, 3.05) is 18.0 Å². The Kier molecular flexibility index (Phi) is 4.31. The van der Waals surface area contributed by atoms with Gasteiger partial charge in [-0.25, -0.2) is 4.98 Å². The smallest absolute Gasteiger partial charge is 0.263 e. The Morgan fingerprint density at radius 1 is 1.19 bits per heavy atom. The predicted octanol–water partition coefficient (Wildman–Crippen LogP) is 4.78. The summed E-state index contributed by atoms with van der Waals surface area (Å²) in [5, 5.41) is 0.799. The molecule has 1 aliphatic heterocycles. The number of aromatic nitrogens is 2. The van der Waals surface area contributed by atoms with Crippen LogP contribution in [0.1, 0.15) is 37.6 Å². The Hall–Kier alpha value is -1.52. The average molecular weight is 392 g/mol. The van der Waals surface area contributed by atoms with Gasteiger partial charge in [-0.15, -0.1) is 0 Å². The van der Waals surface area contributed by atoms with Gasteiger partial charge in [-0.2, -0.15) is 0 Å². The molecular formula is C20H23Cl2N3O. The normalized spacial score (nSPS) is 21.3. The molecule has 1 atom stereocenters. The summed E-state index contributed by atoms with van der Waals surface area (Å²) in [6.45, 7) is 7.98. The Labute approximate surface area is 163 Å². The second-order valence-corrected chi connectivity index (χ2v) is 8.56. The Morgan fingerprint density at radius 2 is 1.85 bits per heavy atom. The second-order valence-electron chi connectivity index (χ2n) is 7.78. The molecular weight excluding hydrogens is 369 g/mol. The third-order valence-electron chi connectivity index (χ3n) is 6.28. The molecule has 1 aromatic heterocycles. The highest BCUT2D eigenvalue weighted by atomic mass is 35.5. The zero-order chi connectivity index (χ0) is 18.6. The number of anilines is 1. The monoisotopic (exact) mass is 391 g/mol. The molecule has 1 aliphatic carbocycles. The summed E-state index contributed by atoms with van der Waals surface area (Å²) in [6, 6.07) is 5.30. The lowest BCUT2D eigenvalue weighted by molar-refractivity contribution is 0.355. The van der Waals surface area contributed by atoms with E-state index in [4.69, 9.17) is 28.2 Å². The van der Waals surface area contributed by atoms with Crippen molar-refractivity contribution in [3.05, 3.63) is 50.0 Å². The number of rotatable bonds is 2. The maximum atomic E-state index is 13.1. The molecule has 2 heterocycles. The van der Waals surface area contributed by atoms with Crippen molar-refractivity contribution in [2.24, 2.45) is 11.3 Å². The molecule has 2 fully saturated rings. The Morgan fingerprint density at radius 3 is 2.46 bits per heavy atom. The van der Waals surface area contributed by atoms with Gasteiger partial charge in [0, 0.05) is 13.1 Å². The minimum Gasteiger partial charge on any atom is -0.356 e. The molecule has 0 amide bonds. The molecule has 1 aromatic carbocycles. The number of hydrogen-bond donors (Lipinski definition) is 0. The SMILES string of the molecule is Cc1c(N2CCC3(CC2)CC3C)nc(C)n(-c2cccc(Cl)c2Cl)c1=O. The summed E-state index contributed by atoms with van der Waals surface area (Å²) in [7, 11) is 0. The van der Waals surface area contributed by atoms with Crippen LogP contribution in [0.25, 0.3) is 5.69 Å². The molecule has 0 radical (unpaired) electrons. The van der Waals surface area contributed by atoms with E-state index < -0.39 is 0 Å². The first-order chi connectivity index (χ1) is 12.3. The van der Waals surface area contributed by atoms with Crippen molar-refractivity contribution < 1.29 is 0 Å². The molecule has 1 spiro atoms. The topological polar surface area (TPSA) is 38.1 Å². The summed E-state index contributed by atoms with van der Waals surface area (Å²) < 4.78 is 1.56. The van der Waals surface area contributed by atoms with E-state index in [0.717, 1.165) is 24.8 Å². The first-order valence-corrected chi connectivity index (χ1v) is 9.89. The Bertz CT molecular complexity index is 929. The average Bonchev–Trinajstić information content (AvgIpc) is 3.24. The minimum absolute atomic E-state index is 0.0863. The fourth-order valence-corrected chi connectivity index (χ4v) is 4.75. The summed E-state index contributed by atoms with van der Waals surface area (Å²) in [4.78, 5) is 20.1. The van der Waals surface area contributed by atoms with Crippen molar-refractivity contribution in [3.8, 4) is 5.69 Å². The molecule has 26 heavy (non-hydrogen) atoms. The molecule has 4 nitrogen and oxygen atoms in total. The molecule has 0 bridgehead atoms. The highest BCUT2D eigenvalue weighted by Gasteiger charge is 2.51. The highest BCUT2D eigenvalue weighted by Crippen LogP contribution is 2.59. The maximum Gasteiger partial charge on any atom is 0.263 e. The molecule has 0 N–H and O–H groups in total. The van der Waals surface area contributed by atoms with Crippen molar-refractivity contribution in [1.29, 1.82) is 0 Å². The van der Waals surface area contributed by atoms with Crippen LogP contribution in [0.5, 0.6) is 0 Å². The summed E-state index contributed by atoms with van der Waals surface area (Å²) >= 11 is 12.5. The van der Waals surface area contributed by atoms with Crippen LogP contribution in [-0.2, 0) is 0 Å². The van der Waals surface area contributed by atoms with Gasteiger partial charge in [-0.3, -0.25) is 9.36 Å². The van der Waals surface area contributed by atoms with E-state index >= 15 is 0 Å². The molecule has 1 saturated heterocycles. The van der Waals surface area contributed by atoms with E-state index in [-0.39, 0.29) is 5.56 Å². The van der Waals surface area contributed by atoms with Crippen LogP contribution >= 0.6 is 23.2 Å². The summed E-state index contributed by atoms with van der Waals surface area (Å²) in [5.74, 6) is 2.28. The summed E-state index contributed by atoms with van der Waals surface area (Å²) in [5.41, 5.74) is 1.71. The van der Waals surface area contributed by atoms with Crippen LogP contribution in [0.4, 0.5) is 5.82 Å². The van der Waals surface area contributed by atoms with E-state index in [9.17, 15) is 4.79 Å². The van der Waals surface area contributed by atoms with Gasteiger partial charge < -0.3 is 4.90 Å². The van der Waals surface area contributed by atoms with E-state index in [1.165, 1.54) is 19.3 Å². The number of aryl methyl sites for hydroxylation is 1. The van der Waals surface area contributed by atoms with E-state index in [0.29, 0.717) is 32.5 Å². The number of nitrogens with zero attached hydrogens (tertiary/aromatic N) is 3. The van der Waals surface area contributed by atoms with Crippen LogP contribution < -0.4 is 10.5 Å². The van der Waals surface area contributed by atoms with Gasteiger partial charge in [0.05, 0.1) is 21.3 Å². The van der Waals surface area contributed by atoms with Gasteiger partial charge in [0.15, 0.2) is 0 Å². The number of benzene rings is 1. The maximum absolute atomic E-state index is 13.1. The van der Waals surface area contributed by atoms with E-state index in [1.54, 1.807) is 22.8 Å². The fraction of sp³-hybridized carbons (Fsp3) is 0.500. The van der Waals surface area contributed by atoms with Gasteiger partial charge >= 0.3 is 0 Å². The quantitative estimate of drug-likeness (QED) is 0.738. The molecule has 2 aromatic rings. The highest BCUT2D eigenvalue weighted by molar-refractivity contribution is 6.43. The van der Waals surface area contributed by atoms with Crippen molar-refractivity contribution in [2.45, 2.75) is 40.0 Å². The first-order valence-electron chi connectivity index (χ1n) is 9.14. The van der Waals surface area contributed by atoms with Gasteiger partial charge in [0.2, 0.25) is 0 Å². The number of halogens is 2. The second kappa shape index (κ2) is 6.28. The van der Waals surface area contributed by atoms with Gasteiger partial charge in [-0.1, -0.05) is 36.2 Å². The number of piperidine rings is 1. The van der Waals surface area contributed by atoms with Crippen LogP contribution in [-0.4, -0.2) is 22.6 Å². The van der Waals surface area contributed by atoms with E-state index in [2.05, 4.69) is 11.8 Å². The molecule has 2 aliphatic rings. The van der Waals surface area contributed by atoms with Crippen molar-refractivity contribution >= 4 is 29.0 Å². The van der Waals surface area contributed by atoms with Crippen molar-refractivity contribution in [3.63, 3.8) is 0 Å². The lowest BCUT2D eigenvalue weighted by Crippen LogP contribution is -2.38. The van der Waals surface area contributed by atoms with Gasteiger partial charge in [0.1, 0.15) is 11.6 Å². The Balaban J connectivity index is 1.72. The molecule has 1 unspecified atom stereocenters. The third-order valence-corrected chi connectivity index (χ3v) is 7.09. The zero-order valence-electron chi connectivity index (χ0n) is 15.4.